The smallest absolute Gasteiger partial charge is 0.0615 e. The molecule has 0 saturated heterocycles. The zero-order valence-corrected chi connectivity index (χ0v) is 11.6. The monoisotopic (exact) mass is 255 g/mol. The van der Waals surface area contributed by atoms with Crippen LogP contribution in [0.3, 0.4) is 0 Å². The first-order valence-electron chi connectivity index (χ1n) is 6.21. The Hall–Kier alpha value is -0.570. The van der Waals surface area contributed by atoms with Crippen LogP contribution >= 0.6 is 11.6 Å². The number of hydrogen-bond donors (Lipinski definition) is 1. The maximum atomic E-state index is 6.03. The fraction of sp³-hybridized carbons (Fsp3) is 0.571. The molecule has 1 N–H and O–H groups in total. The third-order valence-electron chi connectivity index (χ3n) is 2.96. The van der Waals surface area contributed by atoms with E-state index in [1.807, 2.05) is 18.2 Å². The predicted octanol–water partition coefficient (Wildman–Crippen LogP) is 3.81. The van der Waals surface area contributed by atoms with Gasteiger partial charge in [-0.15, -0.1) is 0 Å². The first kappa shape index (κ1) is 14.5. The first-order chi connectivity index (χ1) is 8.21. The van der Waals surface area contributed by atoms with Crippen LogP contribution in [0.25, 0.3) is 0 Å². The molecule has 1 aromatic rings. The van der Waals surface area contributed by atoms with Crippen molar-refractivity contribution in [1.29, 1.82) is 0 Å². The van der Waals surface area contributed by atoms with Gasteiger partial charge < -0.3 is 10.1 Å². The minimum Gasteiger partial charge on any atom is -0.383 e. The molecule has 0 aliphatic rings. The van der Waals surface area contributed by atoms with Gasteiger partial charge in [0.25, 0.3) is 0 Å². The second-order valence-electron chi connectivity index (χ2n) is 4.24. The van der Waals surface area contributed by atoms with E-state index in [0.29, 0.717) is 12.1 Å². The Morgan fingerprint density at radius 3 is 2.59 bits per heavy atom. The van der Waals surface area contributed by atoms with E-state index in [2.05, 4.69) is 25.2 Å². The molecule has 1 aromatic carbocycles. The van der Waals surface area contributed by atoms with E-state index < -0.39 is 0 Å². The molecule has 3 heteroatoms. The van der Waals surface area contributed by atoms with Crippen molar-refractivity contribution in [3.8, 4) is 0 Å². The van der Waals surface area contributed by atoms with Crippen LogP contribution in [0.5, 0.6) is 0 Å². The van der Waals surface area contributed by atoms with Crippen molar-refractivity contribution < 1.29 is 4.74 Å². The zero-order chi connectivity index (χ0) is 12.7. The van der Waals surface area contributed by atoms with Gasteiger partial charge in [0.2, 0.25) is 0 Å². The molecule has 0 amide bonds. The Morgan fingerprint density at radius 1 is 1.29 bits per heavy atom. The Morgan fingerprint density at radius 2 is 2.06 bits per heavy atom. The van der Waals surface area contributed by atoms with Crippen LogP contribution in [0.2, 0.25) is 5.02 Å². The molecule has 0 bridgehead atoms. The second-order valence-corrected chi connectivity index (χ2v) is 4.68. The van der Waals surface area contributed by atoms with Gasteiger partial charge >= 0.3 is 0 Å². The van der Waals surface area contributed by atoms with Crippen LogP contribution in [0.15, 0.2) is 24.3 Å². The van der Waals surface area contributed by atoms with Gasteiger partial charge in [-0.3, -0.25) is 0 Å². The van der Waals surface area contributed by atoms with Crippen LogP contribution in [0.1, 0.15) is 38.3 Å². The number of halogens is 1. The average Bonchev–Trinajstić information content (AvgIpc) is 2.34. The van der Waals surface area contributed by atoms with Gasteiger partial charge in [-0.2, -0.15) is 0 Å². The second kappa shape index (κ2) is 7.70. The summed E-state index contributed by atoms with van der Waals surface area (Å²) in [6.07, 6.45) is 2.10. The normalized spacial score (nSPS) is 14.6. The minimum atomic E-state index is 0.341. The number of nitrogens with one attached hydrogen (secondary N) is 1. The molecular weight excluding hydrogens is 234 g/mol. The van der Waals surface area contributed by atoms with Gasteiger partial charge in [-0.1, -0.05) is 37.6 Å². The molecule has 0 radical (unpaired) electrons. The quantitative estimate of drug-likeness (QED) is 0.800. The lowest BCUT2D eigenvalue weighted by Crippen LogP contribution is -2.35. The summed E-state index contributed by atoms with van der Waals surface area (Å²) in [5, 5.41) is 4.41. The van der Waals surface area contributed by atoms with E-state index in [4.69, 9.17) is 16.3 Å². The molecule has 0 saturated carbocycles. The molecule has 0 aromatic heterocycles. The van der Waals surface area contributed by atoms with Gasteiger partial charge in [-0.25, -0.2) is 0 Å². The highest BCUT2D eigenvalue weighted by atomic mass is 35.5. The predicted molar refractivity (Wildman–Crippen MR) is 73.6 cm³/mol. The molecule has 1 rings (SSSR count). The van der Waals surface area contributed by atoms with E-state index in [9.17, 15) is 0 Å². The average molecular weight is 256 g/mol. The third kappa shape index (κ3) is 4.66. The minimum absolute atomic E-state index is 0.341. The van der Waals surface area contributed by atoms with Crippen molar-refractivity contribution in [2.45, 2.75) is 38.8 Å². The fourth-order valence-corrected chi connectivity index (χ4v) is 2.14. The summed E-state index contributed by atoms with van der Waals surface area (Å²) < 4.78 is 5.21. The first-order valence-corrected chi connectivity index (χ1v) is 6.59. The number of benzene rings is 1. The van der Waals surface area contributed by atoms with Crippen LogP contribution in [-0.2, 0) is 4.74 Å². The Bertz CT molecular complexity index is 330. The summed E-state index contributed by atoms with van der Waals surface area (Å²) in [5.74, 6) is 0. The van der Waals surface area contributed by atoms with E-state index in [-0.39, 0.29) is 0 Å². The highest BCUT2D eigenvalue weighted by Gasteiger charge is 2.14. The number of hydrogen-bond acceptors (Lipinski definition) is 2. The van der Waals surface area contributed by atoms with Crippen LogP contribution in [0.4, 0.5) is 0 Å². The van der Waals surface area contributed by atoms with Gasteiger partial charge in [-0.05, 0) is 30.5 Å². The van der Waals surface area contributed by atoms with E-state index >= 15 is 0 Å². The molecule has 17 heavy (non-hydrogen) atoms. The van der Waals surface area contributed by atoms with Crippen molar-refractivity contribution in [1.82, 2.24) is 5.32 Å². The lowest BCUT2D eigenvalue weighted by Gasteiger charge is -2.24. The van der Waals surface area contributed by atoms with E-state index in [1.54, 1.807) is 7.11 Å². The summed E-state index contributed by atoms with van der Waals surface area (Å²) in [6, 6.07) is 8.79. The van der Waals surface area contributed by atoms with Crippen molar-refractivity contribution in [3.63, 3.8) is 0 Å². The molecule has 0 aliphatic heterocycles. The van der Waals surface area contributed by atoms with E-state index in [0.717, 1.165) is 24.5 Å². The van der Waals surface area contributed by atoms with Crippen molar-refractivity contribution in [2.75, 3.05) is 13.7 Å². The van der Waals surface area contributed by atoms with Gasteiger partial charge in [0.1, 0.15) is 0 Å². The lowest BCUT2D eigenvalue weighted by molar-refractivity contribution is 0.158. The number of rotatable bonds is 7. The molecule has 2 nitrogen and oxygen atoms in total. The molecule has 0 aliphatic carbocycles. The molecular formula is C14H22ClNO. The summed E-state index contributed by atoms with van der Waals surface area (Å²) in [5.41, 5.74) is 1.24. The molecule has 2 atom stereocenters. The maximum absolute atomic E-state index is 6.03. The number of methoxy groups -OCH3 is 1. The Balaban J connectivity index is 2.70. The van der Waals surface area contributed by atoms with Gasteiger partial charge in [0.05, 0.1) is 6.61 Å². The molecule has 0 fully saturated rings. The van der Waals surface area contributed by atoms with Crippen molar-refractivity contribution in [3.05, 3.63) is 34.9 Å². The van der Waals surface area contributed by atoms with Crippen LogP contribution < -0.4 is 5.32 Å². The molecule has 0 heterocycles. The zero-order valence-electron chi connectivity index (χ0n) is 10.9. The summed E-state index contributed by atoms with van der Waals surface area (Å²) in [7, 11) is 1.74. The van der Waals surface area contributed by atoms with Gasteiger partial charge in [0, 0.05) is 24.2 Å². The standard InChI is InChI=1S/C14H22ClNO/c1-4-13(10-17-3)16-14(5-2)11-7-6-8-12(15)9-11/h6-9,13-14,16H,4-5,10H2,1-3H3. The fourth-order valence-electron chi connectivity index (χ4n) is 1.94. The topological polar surface area (TPSA) is 21.3 Å². The van der Waals surface area contributed by atoms with Crippen molar-refractivity contribution >= 4 is 11.6 Å². The third-order valence-corrected chi connectivity index (χ3v) is 3.19. The van der Waals surface area contributed by atoms with Crippen LogP contribution in [0, 0.1) is 0 Å². The molecule has 0 spiro atoms. The highest BCUT2D eigenvalue weighted by Crippen LogP contribution is 2.21. The van der Waals surface area contributed by atoms with E-state index in [1.165, 1.54) is 5.56 Å². The van der Waals surface area contributed by atoms with Gasteiger partial charge in [0.15, 0.2) is 0 Å². The maximum Gasteiger partial charge on any atom is 0.0615 e. The lowest BCUT2D eigenvalue weighted by atomic mass is 10.0. The summed E-state index contributed by atoms with van der Waals surface area (Å²) in [6.45, 7) is 5.09. The Labute approximate surface area is 109 Å². The Kier molecular flexibility index (Phi) is 6.56. The van der Waals surface area contributed by atoms with Crippen LogP contribution in [-0.4, -0.2) is 19.8 Å². The van der Waals surface area contributed by atoms with Crippen molar-refractivity contribution in [2.24, 2.45) is 0 Å². The number of ether oxygens (including phenoxy) is 1. The highest BCUT2D eigenvalue weighted by molar-refractivity contribution is 6.30. The summed E-state index contributed by atoms with van der Waals surface area (Å²) in [4.78, 5) is 0. The molecule has 96 valence electrons. The largest absolute Gasteiger partial charge is 0.383 e. The molecule has 2 unspecified atom stereocenters. The summed E-state index contributed by atoms with van der Waals surface area (Å²) >= 11 is 6.03. The SMILES string of the molecule is CCC(COC)NC(CC)c1cccc(Cl)c1.